The van der Waals surface area contributed by atoms with Crippen molar-refractivity contribution in [3.05, 3.63) is 0 Å². The average molecular weight is 395 g/mol. The maximum atomic E-state index is 6.28. The molecule has 0 radical (unpaired) electrons. The first-order valence-corrected chi connectivity index (χ1v) is 12.9. The zero-order valence-corrected chi connectivity index (χ0v) is 19.6. The third-order valence-corrected chi connectivity index (χ3v) is 6.97. The van der Waals surface area contributed by atoms with Gasteiger partial charge in [0.05, 0.1) is 13.2 Å². The van der Waals surface area contributed by atoms with Gasteiger partial charge < -0.3 is 9.47 Å². The molecule has 0 heterocycles. The van der Waals surface area contributed by atoms with Crippen molar-refractivity contribution in [2.24, 2.45) is 29.6 Å². The van der Waals surface area contributed by atoms with Gasteiger partial charge in [0, 0.05) is 0 Å². The van der Waals surface area contributed by atoms with Crippen LogP contribution in [0.2, 0.25) is 0 Å². The van der Waals surface area contributed by atoms with E-state index in [4.69, 9.17) is 9.47 Å². The molecule has 166 valence electrons. The maximum absolute atomic E-state index is 6.28. The molecule has 0 N–H and O–H groups in total. The molecule has 0 amide bonds. The molecular weight excluding hydrogens is 344 g/mol. The van der Waals surface area contributed by atoms with Gasteiger partial charge in [-0.05, 0) is 55.3 Å². The second-order valence-electron chi connectivity index (χ2n) is 10.3. The summed E-state index contributed by atoms with van der Waals surface area (Å²) in [5, 5.41) is 0. The Kier molecular flexibility index (Phi) is 12.1. The van der Waals surface area contributed by atoms with Crippen molar-refractivity contribution in [1.29, 1.82) is 0 Å². The predicted molar refractivity (Wildman–Crippen MR) is 120 cm³/mol. The van der Waals surface area contributed by atoms with E-state index in [0.29, 0.717) is 0 Å². The molecule has 0 bridgehead atoms. The fourth-order valence-electron chi connectivity index (χ4n) is 4.55. The second-order valence-corrected chi connectivity index (χ2v) is 10.3. The fraction of sp³-hybridized carbons (Fsp3) is 1.00. The van der Waals surface area contributed by atoms with Crippen molar-refractivity contribution in [3.8, 4) is 0 Å². The maximum Gasteiger partial charge on any atom is 0.157 e. The van der Waals surface area contributed by atoms with Crippen molar-refractivity contribution in [1.82, 2.24) is 0 Å². The van der Waals surface area contributed by atoms with Crippen molar-refractivity contribution in [3.63, 3.8) is 0 Å². The van der Waals surface area contributed by atoms with Crippen LogP contribution in [0, 0.1) is 29.6 Å². The first kappa shape index (κ1) is 24.2. The lowest BCUT2D eigenvalue weighted by molar-refractivity contribution is -0.154. The largest absolute Gasteiger partial charge is 0.352 e. The van der Waals surface area contributed by atoms with Crippen molar-refractivity contribution < 1.29 is 9.47 Å². The molecule has 0 aromatic rings. The van der Waals surface area contributed by atoms with Crippen LogP contribution >= 0.6 is 0 Å². The van der Waals surface area contributed by atoms with Crippen LogP contribution in [0.3, 0.4) is 0 Å². The minimum atomic E-state index is 0.0464. The van der Waals surface area contributed by atoms with E-state index >= 15 is 0 Å². The van der Waals surface area contributed by atoms with Gasteiger partial charge in [0.2, 0.25) is 0 Å². The lowest BCUT2D eigenvalue weighted by Gasteiger charge is -2.20. The Morgan fingerprint density at radius 3 is 1.57 bits per heavy atom. The quantitative estimate of drug-likeness (QED) is 0.163. The highest BCUT2D eigenvalue weighted by atomic mass is 16.7. The van der Waals surface area contributed by atoms with Gasteiger partial charge in [-0.3, -0.25) is 0 Å². The molecule has 2 nitrogen and oxygen atoms in total. The van der Waals surface area contributed by atoms with Crippen LogP contribution in [-0.2, 0) is 9.47 Å². The van der Waals surface area contributed by atoms with Crippen LogP contribution < -0.4 is 0 Å². The zero-order valence-electron chi connectivity index (χ0n) is 19.6. The first-order chi connectivity index (χ1) is 13.6. The highest BCUT2D eigenvalue weighted by Gasteiger charge is 2.38. The van der Waals surface area contributed by atoms with E-state index in [1.54, 1.807) is 0 Å². The molecular formula is C26H50O2. The third-order valence-electron chi connectivity index (χ3n) is 6.97. The number of hydrogen-bond donors (Lipinski definition) is 0. The van der Waals surface area contributed by atoms with E-state index in [1.165, 1.54) is 83.5 Å². The molecule has 0 aromatic carbocycles. The molecule has 28 heavy (non-hydrogen) atoms. The van der Waals surface area contributed by atoms with Crippen LogP contribution in [-0.4, -0.2) is 19.5 Å². The molecule has 0 saturated heterocycles. The molecule has 2 heteroatoms. The molecule has 0 aliphatic heterocycles. The summed E-state index contributed by atoms with van der Waals surface area (Å²) < 4.78 is 12.6. The Hall–Kier alpha value is -0.0800. The summed E-state index contributed by atoms with van der Waals surface area (Å²) in [6.45, 7) is 11.1. The molecule has 4 unspecified atom stereocenters. The van der Waals surface area contributed by atoms with E-state index in [1.807, 2.05) is 0 Å². The fourth-order valence-corrected chi connectivity index (χ4v) is 4.55. The first-order valence-electron chi connectivity index (χ1n) is 12.9. The summed E-state index contributed by atoms with van der Waals surface area (Å²) in [6, 6.07) is 0. The SMILES string of the molecule is CCCCCCC1CC1COC(CCC(C)C)OCC1CC1CCCCCC. The standard InChI is InChI=1S/C26H50O2/c1-5-7-9-11-13-22-17-24(22)19-27-26(16-15-21(3)4)28-20-25-18-23(25)14-12-10-8-6-2/h21-26H,5-20H2,1-4H3. The summed E-state index contributed by atoms with van der Waals surface area (Å²) in [5.41, 5.74) is 0. The molecule has 0 spiro atoms. The lowest BCUT2D eigenvalue weighted by atomic mass is 10.1. The monoisotopic (exact) mass is 394 g/mol. The molecule has 2 rings (SSSR count). The Morgan fingerprint density at radius 1 is 0.643 bits per heavy atom. The van der Waals surface area contributed by atoms with E-state index in [9.17, 15) is 0 Å². The highest BCUT2D eigenvalue weighted by molar-refractivity contribution is 4.87. The molecule has 2 fully saturated rings. The van der Waals surface area contributed by atoms with Crippen LogP contribution in [0.25, 0.3) is 0 Å². The number of rotatable bonds is 19. The van der Waals surface area contributed by atoms with Crippen LogP contribution in [0.5, 0.6) is 0 Å². The van der Waals surface area contributed by atoms with E-state index in [-0.39, 0.29) is 6.29 Å². The smallest absolute Gasteiger partial charge is 0.157 e. The normalized spacial score (nSPS) is 27.3. The van der Waals surface area contributed by atoms with E-state index in [2.05, 4.69) is 27.7 Å². The van der Waals surface area contributed by atoms with E-state index in [0.717, 1.165) is 49.2 Å². The Morgan fingerprint density at radius 2 is 1.14 bits per heavy atom. The summed E-state index contributed by atoms with van der Waals surface area (Å²) in [4.78, 5) is 0. The summed E-state index contributed by atoms with van der Waals surface area (Å²) in [6.07, 6.45) is 19.1. The summed E-state index contributed by atoms with van der Waals surface area (Å²) >= 11 is 0. The number of unbranched alkanes of at least 4 members (excludes halogenated alkanes) is 6. The Bertz CT molecular complexity index is 351. The third kappa shape index (κ3) is 10.6. The van der Waals surface area contributed by atoms with Gasteiger partial charge >= 0.3 is 0 Å². The summed E-state index contributed by atoms with van der Waals surface area (Å²) in [7, 11) is 0. The van der Waals surface area contributed by atoms with E-state index < -0.39 is 0 Å². The number of hydrogen-bond acceptors (Lipinski definition) is 2. The predicted octanol–water partition coefficient (Wildman–Crippen LogP) is 7.99. The lowest BCUT2D eigenvalue weighted by Crippen LogP contribution is -2.21. The molecule has 0 aromatic heterocycles. The number of ether oxygens (including phenoxy) is 2. The zero-order chi connectivity index (χ0) is 20.2. The van der Waals surface area contributed by atoms with Gasteiger partial charge in [-0.15, -0.1) is 0 Å². The van der Waals surface area contributed by atoms with Gasteiger partial charge in [-0.1, -0.05) is 91.9 Å². The summed E-state index contributed by atoms with van der Waals surface area (Å²) in [5.74, 6) is 4.25. The van der Waals surface area contributed by atoms with Gasteiger partial charge in [0.1, 0.15) is 0 Å². The molecule has 2 aliphatic carbocycles. The Balaban J connectivity index is 1.56. The highest BCUT2D eigenvalue weighted by Crippen LogP contribution is 2.44. The van der Waals surface area contributed by atoms with Crippen molar-refractivity contribution >= 4 is 0 Å². The molecule has 4 atom stereocenters. The minimum Gasteiger partial charge on any atom is -0.352 e. The van der Waals surface area contributed by atoms with Crippen molar-refractivity contribution in [2.45, 2.75) is 124 Å². The minimum absolute atomic E-state index is 0.0464. The van der Waals surface area contributed by atoms with Gasteiger partial charge in [-0.25, -0.2) is 0 Å². The molecule has 2 aliphatic rings. The van der Waals surface area contributed by atoms with Crippen molar-refractivity contribution in [2.75, 3.05) is 13.2 Å². The van der Waals surface area contributed by atoms with Crippen LogP contribution in [0.1, 0.15) is 118 Å². The van der Waals surface area contributed by atoms with Gasteiger partial charge in [0.15, 0.2) is 6.29 Å². The average Bonchev–Trinajstić information content (AvgIpc) is 3.59. The van der Waals surface area contributed by atoms with Crippen LogP contribution in [0.15, 0.2) is 0 Å². The van der Waals surface area contributed by atoms with Gasteiger partial charge in [0.25, 0.3) is 0 Å². The second kappa shape index (κ2) is 14.0. The Labute approximate surface area is 176 Å². The molecule has 2 saturated carbocycles. The van der Waals surface area contributed by atoms with Crippen LogP contribution in [0.4, 0.5) is 0 Å². The van der Waals surface area contributed by atoms with Gasteiger partial charge in [-0.2, -0.15) is 0 Å². The topological polar surface area (TPSA) is 18.5 Å².